The van der Waals surface area contributed by atoms with Crippen LogP contribution in [0.1, 0.15) is 73.2 Å². The molecule has 252 valence electrons. The van der Waals surface area contributed by atoms with E-state index in [1.165, 1.54) is 18.0 Å². The molecular weight excluding hydrogens is 630 g/mol. The predicted molar refractivity (Wildman–Crippen MR) is 181 cm³/mol. The van der Waals surface area contributed by atoms with Crippen LogP contribution in [-0.2, 0) is 32.2 Å². The van der Waals surface area contributed by atoms with Crippen LogP contribution in [0.3, 0.4) is 0 Å². The molecule has 1 aliphatic rings. The minimum atomic E-state index is -0.622. The molecule has 0 saturated carbocycles. The number of rotatable bonds is 15. The van der Waals surface area contributed by atoms with Gasteiger partial charge in [-0.3, -0.25) is 14.8 Å². The van der Waals surface area contributed by atoms with Crippen molar-refractivity contribution in [2.24, 2.45) is 0 Å². The average Bonchev–Trinajstić information content (AvgIpc) is 3.13. The highest BCUT2D eigenvalue weighted by atomic mass is 32.2. The fourth-order valence-electron chi connectivity index (χ4n) is 5.59. The lowest BCUT2D eigenvalue weighted by Crippen LogP contribution is -2.32. The van der Waals surface area contributed by atoms with Crippen LogP contribution in [0.5, 0.6) is 0 Å². The molecule has 1 fully saturated rings. The van der Waals surface area contributed by atoms with Gasteiger partial charge < -0.3 is 25.1 Å². The Labute approximate surface area is 284 Å². The number of carbonyl (C=O) groups excluding carboxylic acids is 2. The van der Waals surface area contributed by atoms with E-state index in [2.05, 4.69) is 5.32 Å². The van der Waals surface area contributed by atoms with Crippen molar-refractivity contribution in [2.75, 3.05) is 5.75 Å². The molecule has 2 heterocycles. The molecule has 0 aliphatic carbocycles. The summed E-state index contributed by atoms with van der Waals surface area (Å²) in [4.78, 5) is 23.6. The maximum atomic E-state index is 12.5. The van der Waals surface area contributed by atoms with Crippen molar-refractivity contribution in [3.8, 4) is 11.1 Å². The summed E-state index contributed by atoms with van der Waals surface area (Å²) in [6, 6.07) is 29.1. The molecule has 3 aromatic carbocycles. The van der Waals surface area contributed by atoms with Crippen molar-refractivity contribution in [1.29, 1.82) is 0 Å². The molecule has 2 amide bonds. The molecule has 11 heteroatoms. The molecule has 0 bridgehead atoms. The highest BCUT2D eigenvalue weighted by Crippen LogP contribution is 2.39. The molecule has 4 aromatic rings. The SMILES string of the molecule is O=C(CCCCCC(=O)NCc1ccccc1-c1ccc(C2OC(CSc3cccc[n+]3[O-])CC(c3ccc(CO)cc3)O2)cc1)NO. The third kappa shape index (κ3) is 9.88. The zero-order valence-corrected chi connectivity index (χ0v) is 27.4. The van der Waals surface area contributed by atoms with Gasteiger partial charge >= 0.3 is 0 Å². The van der Waals surface area contributed by atoms with E-state index in [0.29, 0.717) is 43.0 Å². The van der Waals surface area contributed by atoms with E-state index in [-0.39, 0.29) is 31.1 Å². The van der Waals surface area contributed by atoms with Crippen LogP contribution < -0.4 is 15.5 Å². The summed E-state index contributed by atoms with van der Waals surface area (Å²) in [5, 5.41) is 33.9. The first-order chi connectivity index (χ1) is 23.4. The third-order valence-electron chi connectivity index (χ3n) is 8.24. The predicted octanol–water partition coefficient (Wildman–Crippen LogP) is 5.89. The van der Waals surface area contributed by atoms with Gasteiger partial charge in [0.15, 0.2) is 12.5 Å². The second kappa shape index (κ2) is 17.8. The Hall–Kier alpha value is -4.26. The van der Waals surface area contributed by atoms with Gasteiger partial charge in [0.25, 0.3) is 5.03 Å². The molecule has 3 atom stereocenters. The van der Waals surface area contributed by atoms with Crippen LogP contribution >= 0.6 is 11.8 Å². The lowest BCUT2D eigenvalue weighted by molar-refractivity contribution is -0.645. The summed E-state index contributed by atoms with van der Waals surface area (Å²) in [6.07, 6.45) is 3.68. The monoisotopic (exact) mass is 671 g/mol. The molecule has 5 rings (SSSR count). The first-order valence-corrected chi connectivity index (χ1v) is 17.1. The largest absolute Gasteiger partial charge is 0.618 e. The van der Waals surface area contributed by atoms with Crippen LogP contribution in [0, 0.1) is 5.21 Å². The number of hydroxylamine groups is 1. The molecular formula is C37H41N3O7S. The number of carbonyl (C=O) groups is 2. The van der Waals surface area contributed by atoms with Crippen molar-refractivity contribution >= 4 is 23.6 Å². The first kappa shape index (κ1) is 35.1. The normalized spacial score (nSPS) is 17.5. The minimum Gasteiger partial charge on any atom is -0.618 e. The van der Waals surface area contributed by atoms with Gasteiger partial charge in [0.05, 0.1) is 18.8 Å². The molecule has 10 nitrogen and oxygen atoms in total. The Kier molecular flexibility index (Phi) is 13.0. The number of thioether (sulfide) groups is 1. The highest BCUT2D eigenvalue weighted by molar-refractivity contribution is 7.99. The van der Waals surface area contributed by atoms with Gasteiger partial charge in [0.1, 0.15) is 0 Å². The molecule has 1 aliphatic heterocycles. The number of aliphatic hydroxyl groups is 1. The average molecular weight is 672 g/mol. The first-order valence-electron chi connectivity index (χ1n) is 16.1. The van der Waals surface area contributed by atoms with Crippen molar-refractivity contribution in [3.05, 3.63) is 125 Å². The number of aromatic nitrogens is 1. The van der Waals surface area contributed by atoms with Gasteiger partial charge in [-0.05, 0) is 46.7 Å². The molecule has 3 unspecified atom stereocenters. The summed E-state index contributed by atoms with van der Waals surface area (Å²) in [5.74, 6) is 0.109. The van der Waals surface area contributed by atoms with Gasteiger partial charge in [-0.2, -0.15) is 4.73 Å². The number of hydrogen-bond donors (Lipinski definition) is 4. The Balaban J connectivity index is 1.24. The van der Waals surface area contributed by atoms with Gasteiger partial charge in [-0.1, -0.05) is 91.0 Å². The number of nitrogens with zero attached hydrogens (tertiary/aromatic N) is 1. The molecule has 4 N–H and O–H groups in total. The van der Waals surface area contributed by atoms with E-state index in [9.17, 15) is 19.9 Å². The summed E-state index contributed by atoms with van der Waals surface area (Å²) >= 11 is 1.45. The minimum absolute atomic E-state index is 0.0278. The fraction of sp³-hybridized carbons (Fsp3) is 0.324. The second-order valence-electron chi connectivity index (χ2n) is 11.7. The summed E-state index contributed by atoms with van der Waals surface area (Å²) in [5.41, 5.74) is 7.30. The maximum Gasteiger partial charge on any atom is 0.251 e. The highest BCUT2D eigenvalue weighted by Gasteiger charge is 2.32. The Morgan fingerprint density at radius 2 is 1.56 bits per heavy atom. The molecule has 1 aromatic heterocycles. The summed E-state index contributed by atoms with van der Waals surface area (Å²) in [6.45, 7) is 0.360. The lowest BCUT2D eigenvalue weighted by Gasteiger charge is -2.36. The Morgan fingerprint density at radius 1 is 0.854 bits per heavy atom. The molecule has 1 saturated heterocycles. The van der Waals surface area contributed by atoms with Crippen molar-refractivity contribution < 1.29 is 34.1 Å². The number of benzene rings is 3. The molecule has 0 radical (unpaired) electrons. The number of nitrogens with one attached hydrogen (secondary N) is 2. The lowest BCUT2D eigenvalue weighted by atomic mass is 9.97. The van der Waals surface area contributed by atoms with Crippen LogP contribution in [0.4, 0.5) is 0 Å². The van der Waals surface area contributed by atoms with Crippen molar-refractivity contribution in [2.45, 2.75) is 75.2 Å². The standard InChI is InChI=1S/C37H41N3O7S/c41-24-26-13-15-28(16-14-26)33-22-31(25-48-36-12-6-7-21-40(36)45)46-37(47-33)29-19-17-27(18-20-29)32-9-5-4-8-30(32)23-38-34(42)10-2-1-3-11-35(43)39-44/h4-9,12-21,31,33,37,41,44H,1-3,10-11,22-25H2,(H,38,42)(H,39,43). The second-order valence-corrected chi connectivity index (χ2v) is 12.7. The smallest absolute Gasteiger partial charge is 0.251 e. The van der Waals surface area contributed by atoms with E-state index in [1.54, 1.807) is 17.6 Å². The van der Waals surface area contributed by atoms with E-state index >= 15 is 0 Å². The summed E-state index contributed by atoms with van der Waals surface area (Å²) in [7, 11) is 0. The zero-order valence-electron chi connectivity index (χ0n) is 26.6. The number of aliphatic hydroxyl groups excluding tert-OH is 1. The van der Waals surface area contributed by atoms with Crippen molar-refractivity contribution in [1.82, 2.24) is 10.8 Å². The van der Waals surface area contributed by atoms with Gasteiger partial charge in [-0.15, -0.1) is 0 Å². The maximum absolute atomic E-state index is 12.5. The molecule has 0 spiro atoms. The molecule has 48 heavy (non-hydrogen) atoms. The number of unbranched alkanes of at least 4 members (excludes halogenated alkanes) is 2. The van der Waals surface area contributed by atoms with Crippen LogP contribution in [-0.4, -0.2) is 34.0 Å². The van der Waals surface area contributed by atoms with Crippen LogP contribution in [0.15, 0.2) is 102 Å². The number of amides is 2. The topological polar surface area (TPSA) is 144 Å². The van der Waals surface area contributed by atoms with Gasteiger partial charge in [-0.25, -0.2) is 5.48 Å². The Bertz CT molecular complexity index is 1640. The fourth-order valence-corrected chi connectivity index (χ4v) is 6.52. The quantitative estimate of drug-likeness (QED) is 0.0306. The number of ether oxygens (including phenoxy) is 2. The summed E-state index contributed by atoms with van der Waals surface area (Å²) < 4.78 is 13.8. The van der Waals surface area contributed by atoms with E-state index < -0.39 is 12.2 Å². The Morgan fingerprint density at radius 3 is 2.29 bits per heavy atom. The van der Waals surface area contributed by atoms with Crippen LogP contribution in [0.25, 0.3) is 11.1 Å². The van der Waals surface area contributed by atoms with Crippen molar-refractivity contribution in [3.63, 3.8) is 0 Å². The number of hydrogen-bond acceptors (Lipinski definition) is 8. The van der Waals surface area contributed by atoms with Gasteiger partial charge in [0, 0.05) is 49.3 Å². The van der Waals surface area contributed by atoms with Gasteiger partial charge in [0.2, 0.25) is 11.8 Å². The third-order valence-corrected chi connectivity index (χ3v) is 9.39. The zero-order chi connectivity index (χ0) is 33.7. The van der Waals surface area contributed by atoms with E-state index in [1.807, 2.05) is 78.9 Å². The number of pyridine rings is 1. The van der Waals surface area contributed by atoms with E-state index in [0.717, 1.165) is 44.5 Å². The van der Waals surface area contributed by atoms with Crippen LogP contribution in [0.2, 0.25) is 0 Å². The van der Waals surface area contributed by atoms with E-state index in [4.69, 9.17) is 14.7 Å².